The molecule has 0 aliphatic carbocycles. The number of carbonyl (C=O) groups excluding carboxylic acids is 1. The Morgan fingerprint density at radius 1 is 0.923 bits per heavy atom. The molecule has 3 aliphatic heterocycles. The molecule has 0 spiro atoms. The van der Waals surface area contributed by atoms with Crippen LogP contribution in [0.2, 0.25) is 0 Å². The van der Waals surface area contributed by atoms with Crippen molar-refractivity contribution in [1.82, 2.24) is 0 Å². The predicted molar refractivity (Wildman–Crippen MR) is 97.5 cm³/mol. The molecule has 0 aromatic heterocycles. The molecule has 2 aromatic carbocycles. The SMILES string of the molecule is O=C(O[N+]12CCC(CC1)CC2)[C@H](Nc1ccccc1)c1ccccc1.[Cl-]. The molecule has 3 aliphatic rings. The van der Waals surface area contributed by atoms with Crippen molar-refractivity contribution < 1.29 is 26.7 Å². The number of para-hydroxylation sites is 1. The third-order valence-electron chi connectivity index (χ3n) is 5.57. The van der Waals surface area contributed by atoms with Crippen molar-refractivity contribution in [3.63, 3.8) is 0 Å². The van der Waals surface area contributed by atoms with Crippen LogP contribution in [0.3, 0.4) is 0 Å². The van der Waals surface area contributed by atoms with Gasteiger partial charge in [-0.05, 0) is 23.6 Å². The molecule has 3 fully saturated rings. The first-order valence-electron chi connectivity index (χ1n) is 9.20. The minimum Gasteiger partial charge on any atom is -1.00 e. The molecule has 0 saturated carbocycles. The van der Waals surface area contributed by atoms with Crippen molar-refractivity contribution in [2.45, 2.75) is 25.3 Å². The standard InChI is InChI=1S/C21H25N2O2.ClH/c24-21(25-23-14-11-17(12-15-23)13-16-23)20(18-7-3-1-4-8-18)22-19-9-5-2-6-10-19;/h1-10,17,20,22H,11-16H2;1H/q+1;/p-1/t17?,20-,23?;/m1./s1. The molecular formula is C21H25ClN2O2. The van der Waals surface area contributed by atoms with Crippen LogP contribution in [0, 0.1) is 5.92 Å². The van der Waals surface area contributed by atoms with E-state index in [2.05, 4.69) is 5.32 Å². The number of anilines is 1. The van der Waals surface area contributed by atoms with Gasteiger partial charge < -0.3 is 17.7 Å². The lowest BCUT2D eigenvalue weighted by atomic mass is 9.88. The topological polar surface area (TPSA) is 38.3 Å². The van der Waals surface area contributed by atoms with Gasteiger partial charge >= 0.3 is 5.97 Å². The van der Waals surface area contributed by atoms with Gasteiger partial charge in [0.15, 0.2) is 6.04 Å². The summed E-state index contributed by atoms with van der Waals surface area (Å²) in [7, 11) is 0. The van der Waals surface area contributed by atoms with E-state index < -0.39 is 6.04 Å². The fraction of sp³-hybridized carbons (Fsp3) is 0.381. The lowest BCUT2D eigenvalue weighted by Gasteiger charge is -2.45. The minimum atomic E-state index is -0.490. The molecule has 1 N–H and O–H groups in total. The number of hydrogen-bond acceptors (Lipinski definition) is 3. The van der Waals surface area contributed by atoms with E-state index in [1.54, 1.807) is 0 Å². The van der Waals surface area contributed by atoms with E-state index in [9.17, 15) is 4.79 Å². The second-order valence-corrected chi connectivity index (χ2v) is 7.23. The number of hydroxylamine groups is 3. The average molecular weight is 373 g/mol. The van der Waals surface area contributed by atoms with Crippen LogP contribution < -0.4 is 17.7 Å². The van der Waals surface area contributed by atoms with Crippen LogP contribution in [0.4, 0.5) is 5.69 Å². The third-order valence-corrected chi connectivity index (χ3v) is 5.57. The lowest BCUT2D eigenvalue weighted by Crippen LogP contribution is -3.00. The summed E-state index contributed by atoms with van der Waals surface area (Å²) in [5.74, 6) is 0.654. The molecule has 4 nitrogen and oxygen atoms in total. The Morgan fingerprint density at radius 3 is 2.04 bits per heavy atom. The van der Waals surface area contributed by atoms with Gasteiger partial charge in [0.1, 0.15) is 19.6 Å². The first-order chi connectivity index (χ1) is 12.2. The van der Waals surface area contributed by atoms with Gasteiger partial charge in [-0.3, -0.25) is 4.84 Å². The van der Waals surface area contributed by atoms with Crippen molar-refractivity contribution in [3.8, 4) is 0 Å². The smallest absolute Gasteiger partial charge is 0.393 e. The summed E-state index contributed by atoms with van der Waals surface area (Å²) in [6.07, 6.45) is 3.53. The molecule has 138 valence electrons. The molecule has 3 heterocycles. The summed E-state index contributed by atoms with van der Waals surface area (Å²) >= 11 is 0. The zero-order valence-corrected chi connectivity index (χ0v) is 15.6. The lowest BCUT2D eigenvalue weighted by molar-refractivity contribution is -1.10. The summed E-state index contributed by atoms with van der Waals surface area (Å²) in [5.41, 5.74) is 1.85. The molecule has 5 rings (SSSR count). The Labute approximate surface area is 161 Å². The summed E-state index contributed by atoms with van der Waals surface area (Å²) in [5, 5.41) is 3.35. The highest BCUT2D eigenvalue weighted by Gasteiger charge is 2.45. The molecule has 2 aromatic rings. The Bertz CT molecular complexity index is 702. The number of benzene rings is 2. The van der Waals surface area contributed by atoms with Crippen LogP contribution in [-0.4, -0.2) is 30.2 Å². The highest BCUT2D eigenvalue weighted by atomic mass is 35.5. The third kappa shape index (κ3) is 4.02. The van der Waals surface area contributed by atoms with Crippen molar-refractivity contribution in [1.29, 1.82) is 0 Å². The maximum atomic E-state index is 13.1. The van der Waals surface area contributed by atoms with Gasteiger partial charge in [0.05, 0.1) is 0 Å². The Balaban J connectivity index is 0.00000196. The second kappa shape index (κ2) is 8.11. The normalized spacial score (nSPS) is 25.0. The molecule has 3 saturated heterocycles. The number of piperidine rings is 3. The zero-order chi connectivity index (χ0) is 17.1. The van der Waals surface area contributed by atoms with Crippen molar-refractivity contribution >= 4 is 11.7 Å². The second-order valence-electron chi connectivity index (χ2n) is 7.23. The van der Waals surface area contributed by atoms with Crippen LogP contribution in [0.5, 0.6) is 0 Å². The number of hydrogen-bond donors (Lipinski definition) is 1. The summed E-state index contributed by atoms with van der Waals surface area (Å²) < 4.78 is 0.509. The van der Waals surface area contributed by atoms with Crippen molar-refractivity contribution in [3.05, 3.63) is 66.2 Å². The van der Waals surface area contributed by atoms with E-state index in [4.69, 9.17) is 4.84 Å². The monoisotopic (exact) mass is 372 g/mol. The number of quaternary nitrogens is 1. The zero-order valence-electron chi connectivity index (χ0n) is 14.8. The summed E-state index contributed by atoms with van der Waals surface area (Å²) in [4.78, 5) is 19.2. The number of nitrogens with one attached hydrogen (secondary N) is 1. The molecule has 0 radical (unpaired) electrons. The molecule has 2 bridgehead atoms. The molecular weight excluding hydrogens is 348 g/mol. The number of rotatable bonds is 5. The number of carbonyl (C=O) groups is 1. The largest absolute Gasteiger partial charge is 1.00 e. The Kier molecular flexibility index (Phi) is 5.84. The van der Waals surface area contributed by atoms with Crippen LogP contribution in [-0.2, 0) is 9.63 Å². The van der Waals surface area contributed by atoms with Gasteiger partial charge in [0.2, 0.25) is 0 Å². The molecule has 5 heteroatoms. The Morgan fingerprint density at radius 2 is 1.46 bits per heavy atom. The maximum Gasteiger partial charge on any atom is 0.393 e. The van der Waals surface area contributed by atoms with Crippen LogP contribution in [0.15, 0.2) is 60.7 Å². The van der Waals surface area contributed by atoms with E-state index in [1.807, 2.05) is 60.7 Å². The first-order valence-corrected chi connectivity index (χ1v) is 9.20. The van der Waals surface area contributed by atoms with Gasteiger partial charge in [0.25, 0.3) is 0 Å². The first kappa shape index (κ1) is 18.7. The Hall–Kier alpha value is -2.04. The van der Waals surface area contributed by atoms with E-state index in [0.29, 0.717) is 4.65 Å². The van der Waals surface area contributed by atoms with Crippen LogP contribution in [0.25, 0.3) is 0 Å². The number of fused-ring (bicyclic) bond motifs is 3. The van der Waals surface area contributed by atoms with E-state index in [0.717, 1.165) is 36.8 Å². The van der Waals surface area contributed by atoms with E-state index in [1.165, 1.54) is 19.3 Å². The number of halogens is 1. The van der Waals surface area contributed by atoms with Crippen molar-refractivity contribution in [2.75, 3.05) is 25.0 Å². The summed E-state index contributed by atoms with van der Waals surface area (Å²) in [6, 6.07) is 19.2. The molecule has 26 heavy (non-hydrogen) atoms. The molecule has 0 amide bonds. The minimum absolute atomic E-state index is 0. The van der Waals surface area contributed by atoms with Crippen LogP contribution in [0.1, 0.15) is 30.9 Å². The molecule has 1 atom stereocenters. The highest BCUT2D eigenvalue weighted by Crippen LogP contribution is 2.35. The number of nitrogens with zero attached hydrogens (tertiary/aromatic N) is 1. The van der Waals surface area contributed by atoms with E-state index in [-0.39, 0.29) is 18.4 Å². The molecule has 0 unspecified atom stereocenters. The average Bonchev–Trinajstić information content (AvgIpc) is 2.68. The summed E-state index contributed by atoms with van der Waals surface area (Å²) in [6.45, 7) is 2.88. The predicted octanol–water partition coefficient (Wildman–Crippen LogP) is 0.933. The fourth-order valence-corrected chi connectivity index (χ4v) is 4.03. The van der Waals surface area contributed by atoms with Crippen LogP contribution >= 0.6 is 0 Å². The van der Waals surface area contributed by atoms with Crippen molar-refractivity contribution in [2.24, 2.45) is 5.92 Å². The van der Waals surface area contributed by atoms with Gasteiger partial charge in [-0.25, -0.2) is 4.79 Å². The van der Waals surface area contributed by atoms with Gasteiger partial charge in [-0.15, -0.1) is 4.65 Å². The quantitative estimate of drug-likeness (QED) is 0.794. The maximum absolute atomic E-state index is 13.1. The fourth-order valence-electron chi connectivity index (χ4n) is 4.03. The van der Waals surface area contributed by atoms with Gasteiger partial charge in [0, 0.05) is 24.9 Å². The highest BCUT2D eigenvalue weighted by molar-refractivity contribution is 5.80. The van der Waals surface area contributed by atoms with Gasteiger partial charge in [-0.2, -0.15) is 0 Å². The van der Waals surface area contributed by atoms with E-state index >= 15 is 0 Å². The van der Waals surface area contributed by atoms with Gasteiger partial charge in [-0.1, -0.05) is 48.5 Å².